The highest BCUT2D eigenvalue weighted by Crippen LogP contribution is 2.20. The lowest BCUT2D eigenvalue weighted by Crippen LogP contribution is -2.21. The number of benzene rings is 1. The van der Waals surface area contributed by atoms with Crippen molar-refractivity contribution in [2.24, 2.45) is 5.73 Å². The van der Waals surface area contributed by atoms with Gasteiger partial charge in [0.15, 0.2) is 0 Å². The molecule has 3 nitrogen and oxygen atoms in total. The van der Waals surface area contributed by atoms with Gasteiger partial charge in [0.1, 0.15) is 6.04 Å². The summed E-state index contributed by atoms with van der Waals surface area (Å²) in [6, 6.07) is 4.03. The first-order valence-corrected chi connectivity index (χ1v) is 4.14. The number of hydrogen-bond acceptors (Lipinski definition) is 2. The molecule has 0 aromatic heterocycles. The van der Waals surface area contributed by atoms with E-state index in [9.17, 15) is 4.79 Å². The van der Waals surface area contributed by atoms with Crippen LogP contribution in [0.3, 0.4) is 0 Å². The first-order valence-electron chi connectivity index (χ1n) is 3.77. The molecule has 0 aliphatic rings. The van der Waals surface area contributed by atoms with E-state index < -0.39 is 12.0 Å². The number of carboxylic acid groups (broad SMARTS) is 1. The highest BCUT2D eigenvalue weighted by molar-refractivity contribution is 6.30. The fourth-order valence-electron chi connectivity index (χ4n) is 1.08. The summed E-state index contributed by atoms with van der Waals surface area (Å²) < 4.78 is 0. The summed E-state index contributed by atoms with van der Waals surface area (Å²) in [7, 11) is 0. The molecule has 3 N–H and O–H groups in total. The molecule has 1 rings (SSSR count). The molecule has 0 bridgehead atoms. The largest absolute Gasteiger partial charge is 0.480 e. The van der Waals surface area contributed by atoms with Crippen molar-refractivity contribution < 1.29 is 9.90 Å². The number of halogens is 1. The second-order valence-electron chi connectivity index (χ2n) is 2.82. The maximum atomic E-state index is 10.6. The molecule has 13 heavy (non-hydrogen) atoms. The van der Waals surface area contributed by atoms with Gasteiger partial charge in [-0.1, -0.05) is 17.7 Å². The van der Waals surface area contributed by atoms with E-state index >= 15 is 0 Å². The van der Waals surface area contributed by atoms with E-state index in [0.29, 0.717) is 10.6 Å². The molecule has 1 unspecified atom stereocenters. The van der Waals surface area contributed by atoms with Crippen LogP contribution < -0.4 is 5.73 Å². The lowest BCUT2D eigenvalue weighted by atomic mass is 10.0. The summed E-state index contributed by atoms with van der Waals surface area (Å²) in [6.07, 6.45) is 0. The first kappa shape index (κ1) is 10.0. The van der Waals surface area contributed by atoms with Crippen molar-refractivity contribution in [3.05, 3.63) is 34.3 Å². The molecule has 1 aromatic rings. The minimum absolute atomic E-state index is 0.498. The molecule has 4 heteroatoms. The summed E-state index contributed by atoms with van der Waals surface area (Å²) in [4.78, 5) is 10.6. The van der Waals surface area contributed by atoms with Gasteiger partial charge in [-0.2, -0.15) is 0 Å². The third kappa shape index (κ3) is 2.20. The maximum absolute atomic E-state index is 10.6. The van der Waals surface area contributed by atoms with Crippen molar-refractivity contribution in [2.45, 2.75) is 13.0 Å². The van der Waals surface area contributed by atoms with Crippen LogP contribution >= 0.6 is 11.6 Å². The lowest BCUT2D eigenvalue weighted by molar-refractivity contribution is -0.138. The Morgan fingerprint density at radius 2 is 2.23 bits per heavy atom. The molecule has 70 valence electrons. The zero-order valence-corrected chi connectivity index (χ0v) is 7.88. The van der Waals surface area contributed by atoms with Crippen LogP contribution in [0.1, 0.15) is 17.2 Å². The van der Waals surface area contributed by atoms with Crippen LogP contribution in [0.4, 0.5) is 0 Å². The Morgan fingerprint density at radius 3 is 2.77 bits per heavy atom. The summed E-state index contributed by atoms with van der Waals surface area (Å²) in [6.45, 7) is 1.80. The first-order chi connectivity index (χ1) is 6.02. The van der Waals surface area contributed by atoms with Crippen molar-refractivity contribution in [1.82, 2.24) is 0 Å². The molecule has 0 aliphatic heterocycles. The quantitative estimate of drug-likeness (QED) is 0.763. The number of nitrogens with two attached hydrogens (primary N) is 1. The minimum Gasteiger partial charge on any atom is -0.480 e. The highest BCUT2D eigenvalue weighted by atomic mass is 35.5. The number of carbonyl (C=O) groups is 1. The topological polar surface area (TPSA) is 63.3 Å². The SMILES string of the molecule is Cc1ccc(Cl)cc1C(N)C(=O)O. The summed E-state index contributed by atoms with van der Waals surface area (Å²) in [5.74, 6) is -1.05. The van der Waals surface area contributed by atoms with Gasteiger partial charge in [0, 0.05) is 5.02 Å². The number of carboxylic acids is 1. The molecular weight excluding hydrogens is 190 g/mol. The molecule has 0 radical (unpaired) electrons. The van der Waals surface area contributed by atoms with E-state index in [-0.39, 0.29) is 0 Å². The fourth-order valence-corrected chi connectivity index (χ4v) is 1.26. The zero-order chi connectivity index (χ0) is 10.0. The van der Waals surface area contributed by atoms with E-state index in [1.54, 1.807) is 25.1 Å². The van der Waals surface area contributed by atoms with Crippen LogP contribution in [0.25, 0.3) is 0 Å². The zero-order valence-electron chi connectivity index (χ0n) is 7.12. The van der Waals surface area contributed by atoms with Crippen LogP contribution in [-0.4, -0.2) is 11.1 Å². The van der Waals surface area contributed by atoms with Crippen LogP contribution in [0, 0.1) is 6.92 Å². The van der Waals surface area contributed by atoms with Crippen LogP contribution in [0.2, 0.25) is 5.02 Å². The third-order valence-corrected chi connectivity index (χ3v) is 2.08. The van der Waals surface area contributed by atoms with Gasteiger partial charge in [0.25, 0.3) is 0 Å². The van der Waals surface area contributed by atoms with Gasteiger partial charge < -0.3 is 10.8 Å². The highest BCUT2D eigenvalue weighted by Gasteiger charge is 2.16. The normalized spacial score (nSPS) is 12.5. The van der Waals surface area contributed by atoms with E-state index in [0.717, 1.165) is 5.56 Å². The Labute approximate surface area is 81.1 Å². The molecule has 1 atom stereocenters. The summed E-state index contributed by atoms with van der Waals surface area (Å²) in [5.41, 5.74) is 6.84. The van der Waals surface area contributed by atoms with Crippen molar-refractivity contribution in [3.8, 4) is 0 Å². The Kier molecular flexibility index (Phi) is 2.90. The fraction of sp³-hybridized carbons (Fsp3) is 0.222. The molecule has 1 aromatic carbocycles. The predicted molar refractivity (Wildman–Crippen MR) is 50.8 cm³/mol. The number of aryl methyl sites for hydroxylation is 1. The average Bonchev–Trinajstić information content (AvgIpc) is 2.08. The molecule has 0 saturated heterocycles. The summed E-state index contributed by atoms with van der Waals surface area (Å²) >= 11 is 5.72. The molecule has 0 spiro atoms. The van der Waals surface area contributed by atoms with E-state index in [1.165, 1.54) is 0 Å². The maximum Gasteiger partial charge on any atom is 0.325 e. The van der Waals surface area contributed by atoms with Gasteiger partial charge in [-0.3, -0.25) is 4.79 Å². The van der Waals surface area contributed by atoms with Gasteiger partial charge in [-0.15, -0.1) is 0 Å². The average molecular weight is 200 g/mol. The Hall–Kier alpha value is -1.06. The van der Waals surface area contributed by atoms with Crippen LogP contribution in [0.15, 0.2) is 18.2 Å². The molecule has 0 amide bonds. The third-order valence-electron chi connectivity index (χ3n) is 1.84. The predicted octanol–water partition coefficient (Wildman–Crippen LogP) is 1.73. The smallest absolute Gasteiger partial charge is 0.325 e. The Morgan fingerprint density at radius 1 is 1.62 bits per heavy atom. The van der Waals surface area contributed by atoms with Crippen molar-refractivity contribution in [3.63, 3.8) is 0 Å². The van der Waals surface area contributed by atoms with E-state index in [4.69, 9.17) is 22.4 Å². The van der Waals surface area contributed by atoms with Gasteiger partial charge in [-0.05, 0) is 30.2 Å². The standard InChI is InChI=1S/C9H10ClNO2/c1-5-2-3-6(10)4-7(5)8(11)9(12)13/h2-4,8H,11H2,1H3,(H,12,13). The molecule has 0 fully saturated rings. The molecule has 0 heterocycles. The van der Waals surface area contributed by atoms with Gasteiger partial charge >= 0.3 is 5.97 Å². The lowest BCUT2D eigenvalue weighted by Gasteiger charge is -2.10. The monoisotopic (exact) mass is 199 g/mol. The van der Waals surface area contributed by atoms with Crippen molar-refractivity contribution in [1.29, 1.82) is 0 Å². The van der Waals surface area contributed by atoms with Gasteiger partial charge in [-0.25, -0.2) is 0 Å². The van der Waals surface area contributed by atoms with Crippen LogP contribution in [-0.2, 0) is 4.79 Å². The van der Waals surface area contributed by atoms with E-state index in [2.05, 4.69) is 0 Å². The second kappa shape index (κ2) is 3.77. The van der Waals surface area contributed by atoms with Gasteiger partial charge in [0.2, 0.25) is 0 Å². The van der Waals surface area contributed by atoms with Crippen molar-refractivity contribution in [2.75, 3.05) is 0 Å². The van der Waals surface area contributed by atoms with E-state index in [1.807, 2.05) is 0 Å². The second-order valence-corrected chi connectivity index (χ2v) is 3.25. The molecular formula is C9H10ClNO2. The van der Waals surface area contributed by atoms with Crippen LogP contribution in [0.5, 0.6) is 0 Å². The Bertz CT molecular complexity index is 338. The minimum atomic E-state index is -1.05. The number of hydrogen-bond donors (Lipinski definition) is 2. The van der Waals surface area contributed by atoms with Gasteiger partial charge in [0.05, 0.1) is 0 Å². The molecule has 0 aliphatic carbocycles. The number of aliphatic carboxylic acids is 1. The summed E-state index contributed by atoms with van der Waals surface area (Å²) in [5, 5.41) is 9.18. The molecule has 0 saturated carbocycles. The van der Waals surface area contributed by atoms with Crippen molar-refractivity contribution >= 4 is 17.6 Å². The number of rotatable bonds is 2. The Balaban J connectivity index is 3.12.